The Hall–Kier alpha value is -5.17. The largest absolute Gasteiger partial charge is 0.480 e. The quantitative estimate of drug-likeness (QED) is 0.185. The van der Waals surface area contributed by atoms with E-state index >= 15 is 4.57 Å². The summed E-state index contributed by atoms with van der Waals surface area (Å²) in [4.78, 5) is 0. The molecule has 0 bridgehead atoms. The van der Waals surface area contributed by atoms with Crippen LogP contribution in [0.2, 0.25) is 0 Å². The van der Waals surface area contributed by atoms with Gasteiger partial charge in [-0.15, -0.1) is 0 Å². The van der Waals surface area contributed by atoms with Crippen LogP contribution in [0.1, 0.15) is 22.8 Å². The number of aryl methyl sites for hydroxylation is 1. The van der Waals surface area contributed by atoms with Gasteiger partial charge < -0.3 is 9.30 Å². The van der Waals surface area contributed by atoms with Gasteiger partial charge in [0.25, 0.3) is 0 Å². The molecule has 7 aromatic rings. The Morgan fingerprint density at radius 1 is 0.533 bits per heavy atom. The van der Waals surface area contributed by atoms with Gasteiger partial charge in [0, 0.05) is 32.6 Å². The molecule has 7 aromatic carbocycles. The maximum atomic E-state index is 16.5. The molecule has 1 aliphatic rings. The predicted octanol–water partition coefficient (Wildman–Crippen LogP) is 9.60. The molecule has 0 saturated heterocycles. The van der Waals surface area contributed by atoms with Gasteiger partial charge in [-0.3, -0.25) is 0 Å². The number of fused-ring (bicyclic) bond motifs is 4. The summed E-state index contributed by atoms with van der Waals surface area (Å²) in [5.41, 5.74) is 7.50. The molecule has 216 valence electrons. The fourth-order valence-electron chi connectivity index (χ4n) is 6.96. The summed E-state index contributed by atoms with van der Waals surface area (Å²) in [5, 5.41) is 4.50. The third-order valence-corrected chi connectivity index (χ3v) is 12.1. The molecule has 0 saturated carbocycles. The van der Waals surface area contributed by atoms with Gasteiger partial charge in [-0.2, -0.15) is 0 Å². The highest BCUT2D eigenvalue weighted by atomic mass is 31.2. The number of hydrogen-bond acceptors (Lipinski definition) is 2. The van der Waals surface area contributed by atoms with E-state index in [2.05, 4.69) is 104 Å². The Balaban J connectivity index is 1.65. The van der Waals surface area contributed by atoms with Crippen molar-refractivity contribution in [2.24, 2.45) is 0 Å². The third kappa shape index (κ3) is 4.37. The number of para-hydroxylation sites is 1. The van der Waals surface area contributed by atoms with Gasteiger partial charge in [-0.25, -0.2) is 0 Å². The number of ether oxygens (including phenoxy) is 1. The summed E-state index contributed by atoms with van der Waals surface area (Å²) in [5.74, 6) is 0.825. The molecular formula is C42H31O2P. The van der Waals surface area contributed by atoms with E-state index in [-0.39, 0.29) is 0 Å². The average molecular weight is 599 g/mol. The van der Waals surface area contributed by atoms with Crippen LogP contribution in [0, 0.1) is 6.92 Å². The zero-order valence-corrected chi connectivity index (χ0v) is 25.8. The van der Waals surface area contributed by atoms with Gasteiger partial charge in [-0.05, 0) is 46.0 Å². The molecule has 8 rings (SSSR count). The van der Waals surface area contributed by atoms with E-state index in [0.29, 0.717) is 0 Å². The third-order valence-electron chi connectivity index (χ3n) is 8.98. The summed E-state index contributed by atoms with van der Waals surface area (Å²) in [6, 6.07) is 55.8. The standard InChI is InChI=1S/C42H31O2P/c1-29-17-11-12-24-33(29)41-40-39(36-27-15-16-28-37(36)44-41)38(30-18-5-2-6-19-30)34-25-13-14-26-35(34)42(40)45(43,31-20-7-3-8-21-31)32-22-9-4-10-23-32/h2-28,41H,1H3. The van der Waals surface area contributed by atoms with Crippen molar-refractivity contribution in [3.8, 4) is 28.0 Å². The van der Waals surface area contributed by atoms with Crippen molar-refractivity contribution in [1.82, 2.24) is 0 Å². The second kappa shape index (κ2) is 11.1. The molecule has 0 aromatic heterocycles. The maximum Gasteiger partial charge on any atom is 0.172 e. The first-order valence-electron chi connectivity index (χ1n) is 15.3. The lowest BCUT2D eigenvalue weighted by atomic mass is 9.81. The van der Waals surface area contributed by atoms with Crippen molar-refractivity contribution in [2.75, 3.05) is 0 Å². The van der Waals surface area contributed by atoms with E-state index in [0.717, 1.165) is 71.4 Å². The van der Waals surface area contributed by atoms with Crippen LogP contribution in [0.3, 0.4) is 0 Å². The van der Waals surface area contributed by atoms with Crippen LogP contribution in [-0.4, -0.2) is 0 Å². The van der Waals surface area contributed by atoms with E-state index in [4.69, 9.17) is 4.74 Å². The zero-order chi connectivity index (χ0) is 30.4. The lowest BCUT2D eigenvalue weighted by Gasteiger charge is -2.36. The molecule has 0 radical (unpaired) electrons. The molecule has 45 heavy (non-hydrogen) atoms. The van der Waals surface area contributed by atoms with Crippen molar-refractivity contribution in [1.29, 1.82) is 0 Å². The second-order valence-electron chi connectivity index (χ2n) is 11.6. The minimum absolute atomic E-state index is 0.473. The Morgan fingerprint density at radius 3 is 1.73 bits per heavy atom. The number of hydrogen-bond donors (Lipinski definition) is 0. The van der Waals surface area contributed by atoms with Crippen LogP contribution in [-0.2, 0) is 4.57 Å². The highest BCUT2D eigenvalue weighted by molar-refractivity contribution is 7.85. The minimum atomic E-state index is -3.46. The van der Waals surface area contributed by atoms with Crippen molar-refractivity contribution in [3.63, 3.8) is 0 Å². The number of benzene rings is 7. The SMILES string of the molecule is Cc1ccccc1C1Oc2ccccc2-c2c1c(P(=O)(c1ccccc1)c1ccccc1)c1ccccc1c2-c1ccccc1. The summed E-state index contributed by atoms with van der Waals surface area (Å²) in [6.07, 6.45) is -0.473. The first-order chi connectivity index (χ1) is 22.2. The van der Waals surface area contributed by atoms with Gasteiger partial charge in [-0.1, -0.05) is 158 Å². The van der Waals surface area contributed by atoms with Gasteiger partial charge in [0.1, 0.15) is 5.75 Å². The van der Waals surface area contributed by atoms with Crippen molar-refractivity contribution < 1.29 is 9.30 Å². The molecule has 1 unspecified atom stereocenters. The Kier molecular flexibility index (Phi) is 6.74. The Bertz CT molecular complexity index is 2180. The van der Waals surface area contributed by atoms with E-state index in [1.807, 2.05) is 66.7 Å². The average Bonchev–Trinajstić information content (AvgIpc) is 3.11. The molecule has 0 aliphatic carbocycles. The van der Waals surface area contributed by atoms with Crippen LogP contribution in [0.15, 0.2) is 164 Å². The zero-order valence-electron chi connectivity index (χ0n) is 24.9. The van der Waals surface area contributed by atoms with Crippen LogP contribution in [0.4, 0.5) is 0 Å². The Labute approximate surface area is 264 Å². The van der Waals surface area contributed by atoms with Crippen molar-refractivity contribution in [3.05, 3.63) is 180 Å². The van der Waals surface area contributed by atoms with Crippen molar-refractivity contribution in [2.45, 2.75) is 13.0 Å². The van der Waals surface area contributed by atoms with Crippen LogP contribution in [0.5, 0.6) is 5.75 Å². The topological polar surface area (TPSA) is 26.3 Å². The Morgan fingerprint density at radius 2 is 1.07 bits per heavy atom. The first-order valence-corrected chi connectivity index (χ1v) is 17.0. The fraction of sp³-hybridized carbons (Fsp3) is 0.0476. The lowest BCUT2D eigenvalue weighted by molar-refractivity contribution is 0.244. The fourth-order valence-corrected chi connectivity index (χ4v) is 10.1. The van der Waals surface area contributed by atoms with E-state index in [9.17, 15) is 0 Å². The van der Waals surface area contributed by atoms with Crippen LogP contribution < -0.4 is 20.7 Å². The van der Waals surface area contributed by atoms with Crippen molar-refractivity contribution >= 4 is 33.8 Å². The monoisotopic (exact) mass is 598 g/mol. The molecular weight excluding hydrogens is 567 g/mol. The molecule has 0 amide bonds. The van der Waals surface area contributed by atoms with Gasteiger partial charge in [0.2, 0.25) is 0 Å². The second-order valence-corrected chi connectivity index (χ2v) is 14.3. The summed E-state index contributed by atoms with van der Waals surface area (Å²) in [7, 11) is -3.46. The maximum absolute atomic E-state index is 16.5. The first kappa shape index (κ1) is 27.4. The van der Waals surface area contributed by atoms with E-state index < -0.39 is 13.2 Å². The number of rotatable bonds is 5. The minimum Gasteiger partial charge on any atom is -0.480 e. The highest BCUT2D eigenvalue weighted by Crippen LogP contribution is 2.56. The van der Waals surface area contributed by atoms with E-state index in [1.54, 1.807) is 0 Å². The normalized spacial score (nSPS) is 13.9. The molecule has 1 heterocycles. The molecule has 2 nitrogen and oxygen atoms in total. The smallest absolute Gasteiger partial charge is 0.172 e. The predicted molar refractivity (Wildman–Crippen MR) is 188 cm³/mol. The summed E-state index contributed by atoms with van der Waals surface area (Å²) >= 11 is 0. The molecule has 3 heteroatoms. The van der Waals surface area contributed by atoms with E-state index in [1.165, 1.54) is 0 Å². The molecule has 0 fully saturated rings. The summed E-state index contributed by atoms with van der Waals surface area (Å²) < 4.78 is 23.5. The van der Waals surface area contributed by atoms with Gasteiger partial charge in [0.15, 0.2) is 13.2 Å². The molecule has 0 spiro atoms. The van der Waals surface area contributed by atoms with Crippen LogP contribution in [0.25, 0.3) is 33.0 Å². The molecule has 1 atom stereocenters. The highest BCUT2D eigenvalue weighted by Gasteiger charge is 2.42. The lowest BCUT2D eigenvalue weighted by Crippen LogP contribution is -2.32. The summed E-state index contributed by atoms with van der Waals surface area (Å²) in [6.45, 7) is 2.13. The van der Waals surface area contributed by atoms with Crippen LogP contribution >= 0.6 is 7.14 Å². The van der Waals surface area contributed by atoms with Gasteiger partial charge >= 0.3 is 0 Å². The van der Waals surface area contributed by atoms with Gasteiger partial charge in [0.05, 0.1) is 0 Å². The molecule has 1 aliphatic heterocycles. The molecule has 0 N–H and O–H groups in total.